The van der Waals surface area contributed by atoms with Gasteiger partial charge in [0.05, 0.1) is 0 Å². The van der Waals surface area contributed by atoms with E-state index < -0.39 is 0 Å². The second-order valence-corrected chi connectivity index (χ2v) is 7.00. The van der Waals surface area contributed by atoms with Gasteiger partial charge in [0.2, 0.25) is 5.95 Å². The van der Waals surface area contributed by atoms with Crippen molar-refractivity contribution in [1.29, 1.82) is 0 Å². The highest BCUT2D eigenvalue weighted by Crippen LogP contribution is 2.28. The summed E-state index contributed by atoms with van der Waals surface area (Å²) < 4.78 is 2.82. The number of aromatic nitrogens is 3. The molecule has 0 bridgehead atoms. The van der Waals surface area contributed by atoms with Crippen molar-refractivity contribution in [1.82, 2.24) is 14.6 Å². The molecule has 0 amide bonds. The van der Waals surface area contributed by atoms with E-state index in [1.54, 1.807) is 4.52 Å². The van der Waals surface area contributed by atoms with E-state index in [4.69, 9.17) is 0 Å². The van der Waals surface area contributed by atoms with Crippen molar-refractivity contribution in [3.63, 3.8) is 0 Å². The molecule has 1 fully saturated rings. The first-order valence-electron chi connectivity index (χ1n) is 6.56. The zero-order valence-electron chi connectivity index (χ0n) is 10.8. The third-order valence-electron chi connectivity index (χ3n) is 3.59. The second kappa shape index (κ2) is 5.71. The van der Waals surface area contributed by atoms with E-state index in [-0.39, 0.29) is 0 Å². The van der Waals surface area contributed by atoms with Crippen LogP contribution < -0.4 is 5.32 Å². The minimum absolute atomic E-state index is 0.507. The zero-order chi connectivity index (χ0) is 13.2. The third-order valence-corrected chi connectivity index (χ3v) is 5.15. The lowest BCUT2D eigenvalue weighted by Crippen LogP contribution is -2.28. The molecular formula is C13H17BrN4S. The van der Waals surface area contributed by atoms with Gasteiger partial charge < -0.3 is 5.32 Å². The van der Waals surface area contributed by atoms with Gasteiger partial charge in [0.1, 0.15) is 0 Å². The third kappa shape index (κ3) is 3.05. The smallest absolute Gasteiger partial charge is 0.243 e. The van der Waals surface area contributed by atoms with Crippen LogP contribution in [-0.4, -0.2) is 32.1 Å². The molecule has 2 heterocycles. The Kier molecular flexibility index (Phi) is 3.98. The highest BCUT2D eigenvalue weighted by molar-refractivity contribution is 9.10. The van der Waals surface area contributed by atoms with Crippen LogP contribution in [0.25, 0.3) is 5.65 Å². The predicted molar refractivity (Wildman–Crippen MR) is 83.9 cm³/mol. The molecule has 2 atom stereocenters. The molecule has 6 heteroatoms. The molecule has 0 aliphatic heterocycles. The molecule has 4 nitrogen and oxygen atoms in total. The fourth-order valence-electron chi connectivity index (χ4n) is 2.59. The largest absolute Gasteiger partial charge is 0.350 e. The van der Waals surface area contributed by atoms with Crippen molar-refractivity contribution in [2.45, 2.75) is 37.0 Å². The first kappa shape index (κ1) is 13.2. The Bertz CT molecular complexity index is 571. The summed E-state index contributed by atoms with van der Waals surface area (Å²) in [7, 11) is 0. The predicted octanol–water partition coefficient (Wildman–Crippen LogP) is 3.58. The van der Waals surface area contributed by atoms with Crippen LogP contribution in [0, 0.1) is 0 Å². The summed E-state index contributed by atoms with van der Waals surface area (Å²) in [6.07, 6.45) is 9.19. The maximum Gasteiger partial charge on any atom is 0.243 e. The molecular weight excluding hydrogens is 324 g/mol. The van der Waals surface area contributed by atoms with Crippen molar-refractivity contribution >= 4 is 39.3 Å². The molecule has 0 aromatic carbocycles. The number of pyridine rings is 1. The normalized spacial score (nSPS) is 23.7. The number of halogens is 1. The first-order chi connectivity index (χ1) is 9.24. The number of rotatable bonds is 3. The van der Waals surface area contributed by atoms with E-state index in [1.807, 2.05) is 30.1 Å². The summed E-state index contributed by atoms with van der Waals surface area (Å²) in [6, 6.07) is 4.46. The van der Waals surface area contributed by atoms with Gasteiger partial charge in [0, 0.05) is 22.0 Å². The van der Waals surface area contributed by atoms with Gasteiger partial charge in [-0.05, 0) is 53.6 Å². The molecule has 2 unspecified atom stereocenters. The molecule has 1 aliphatic rings. The monoisotopic (exact) mass is 340 g/mol. The number of anilines is 1. The maximum atomic E-state index is 4.51. The fraction of sp³-hybridized carbons (Fsp3) is 0.538. The molecule has 1 N–H and O–H groups in total. The van der Waals surface area contributed by atoms with E-state index in [9.17, 15) is 0 Å². The van der Waals surface area contributed by atoms with Crippen LogP contribution in [0.15, 0.2) is 22.8 Å². The molecule has 2 aromatic heterocycles. The Balaban J connectivity index is 1.74. The van der Waals surface area contributed by atoms with Crippen LogP contribution in [0.5, 0.6) is 0 Å². The maximum absolute atomic E-state index is 4.51. The SMILES string of the molecule is CSC1CCCC(Nc2nc3ccc(Br)cn3n2)C1. The molecule has 102 valence electrons. The summed E-state index contributed by atoms with van der Waals surface area (Å²) in [6.45, 7) is 0. The number of hydrogen-bond acceptors (Lipinski definition) is 4. The lowest BCUT2D eigenvalue weighted by atomic mass is 9.95. The quantitative estimate of drug-likeness (QED) is 0.927. The summed E-state index contributed by atoms with van der Waals surface area (Å²) in [5.41, 5.74) is 0.878. The number of thioether (sulfide) groups is 1. The summed E-state index contributed by atoms with van der Waals surface area (Å²) in [5.74, 6) is 0.741. The molecule has 1 aliphatic carbocycles. The number of hydrogen-bond donors (Lipinski definition) is 1. The van der Waals surface area contributed by atoms with E-state index in [0.29, 0.717) is 6.04 Å². The van der Waals surface area contributed by atoms with Crippen LogP contribution in [-0.2, 0) is 0 Å². The van der Waals surface area contributed by atoms with Crippen molar-refractivity contribution in [2.75, 3.05) is 11.6 Å². The molecule has 3 rings (SSSR count). The fourth-order valence-corrected chi connectivity index (χ4v) is 3.75. The Morgan fingerprint density at radius 2 is 2.32 bits per heavy atom. The highest BCUT2D eigenvalue weighted by atomic mass is 79.9. The number of nitrogens with zero attached hydrogens (tertiary/aromatic N) is 3. The van der Waals surface area contributed by atoms with E-state index in [0.717, 1.165) is 21.3 Å². The summed E-state index contributed by atoms with van der Waals surface area (Å²) in [5, 5.41) is 8.73. The number of nitrogens with one attached hydrogen (secondary N) is 1. The van der Waals surface area contributed by atoms with Crippen LogP contribution >= 0.6 is 27.7 Å². The van der Waals surface area contributed by atoms with Crippen LogP contribution in [0.4, 0.5) is 5.95 Å². The average molecular weight is 341 g/mol. The zero-order valence-corrected chi connectivity index (χ0v) is 13.2. The van der Waals surface area contributed by atoms with E-state index >= 15 is 0 Å². The Morgan fingerprint density at radius 3 is 3.16 bits per heavy atom. The lowest BCUT2D eigenvalue weighted by Gasteiger charge is -2.28. The van der Waals surface area contributed by atoms with Gasteiger partial charge >= 0.3 is 0 Å². The topological polar surface area (TPSA) is 42.2 Å². The minimum Gasteiger partial charge on any atom is -0.350 e. The van der Waals surface area contributed by atoms with Gasteiger partial charge in [-0.2, -0.15) is 16.7 Å². The molecule has 19 heavy (non-hydrogen) atoms. The van der Waals surface area contributed by atoms with Gasteiger partial charge in [-0.1, -0.05) is 6.42 Å². The molecule has 1 saturated carbocycles. The van der Waals surface area contributed by atoms with E-state index in [1.165, 1.54) is 25.7 Å². The van der Waals surface area contributed by atoms with Crippen LogP contribution in [0.1, 0.15) is 25.7 Å². The Labute approximate surface area is 125 Å². The van der Waals surface area contributed by atoms with Crippen LogP contribution in [0.3, 0.4) is 0 Å². The van der Waals surface area contributed by atoms with Gasteiger partial charge in [-0.25, -0.2) is 4.52 Å². The Hall–Kier alpha value is -0.750. The first-order valence-corrected chi connectivity index (χ1v) is 8.64. The second-order valence-electron chi connectivity index (χ2n) is 4.95. The number of fused-ring (bicyclic) bond motifs is 1. The molecule has 2 aromatic rings. The van der Waals surface area contributed by atoms with Gasteiger partial charge in [0.25, 0.3) is 0 Å². The van der Waals surface area contributed by atoms with Gasteiger partial charge in [0.15, 0.2) is 5.65 Å². The average Bonchev–Trinajstić information content (AvgIpc) is 2.80. The summed E-state index contributed by atoms with van der Waals surface area (Å²) in [4.78, 5) is 4.51. The molecule has 0 radical (unpaired) electrons. The van der Waals surface area contributed by atoms with E-state index in [2.05, 4.69) is 37.6 Å². The van der Waals surface area contributed by atoms with Crippen molar-refractivity contribution in [3.8, 4) is 0 Å². The standard InChI is InChI=1S/C13H17BrN4S/c1-19-11-4-2-3-10(7-11)15-13-16-12-6-5-9(14)8-18(12)17-13/h5-6,8,10-11H,2-4,7H2,1H3,(H,15,17). The highest BCUT2D eigenvalue weighted by Gasteiger charge is 2.22. The molecule has 0 spiro atoms. The van der Waals surface area contributed by atoms with Crippen molar-refractivity contribution in [2.24, 2.45) is 0 Å². The van der Waals surface area contributed by atoms with Crippen molar-refractivity contribution < 1.29 is 0 Å². The van der Waals surface area contributed by atoms with Gasteiger partial charge in [-0.3, -0.25) is 0 Å². The minimum atomic E-state index is 0.507. The molecule has 0 saturated heterocycles. The lowest BCUT2D eigenvalue weighted by molar-refractivity contribution is 0.471. The van der Waals surface area contributed by atoms with Gasteiger partial charge in [-0.15, -0.1) is 5.10 Å². The summed E-state index contributed by atoms with van der Waals surface area (Å²) >= 11 is 5.42. The van der Waals surface area contributed by atoms with Crippen LogP contribution in [0.2, 0.25) is 0 Å². The van der Waals surface area contributed by atoms with Crippen molar-refractivity contribution in [3.05, 3.63) is 22.8 Å². The Morgan fingerprint density at radius 1 is 1.42 bits per heavy atom.